The highest BCUT2D eigenvalue weighted by molar-refractivity contribution is 6.46. The number of benzene rings is 2. The Kier molecular flexibility index (Phi) is 8.65. The first kappa shape index (κ1) is 27.2. The van der Waals surface area contributed by atoms with Gasteiger partial charge in [-0.25, -0.2) is 0 Å². The van der Waals surface area contributed by atoms with E-state index in [0.29, 0.717) is 48.8 Å². The van der Waals surface area contributed by atoms with E-state index in [-0.39, 0.29) is 17.9 Å². The highest BCUT2D eigenvalue weighted by atomic mass is 16.5. The predicted octanol–water partition coefficient (Wildman–Crippen LogP) is 2.01. The second kappa shape index (κ2) is 12.1. The van der Waals surface area contributed by atoms with Crippen LogP contribution in [0.3, 0.4) is 0 Å². The smallest absolute Gasteiger partial charge is 0.295 e. The number of hydrogen-bond donors (Lipinski definition) is 2. The van der Waals surface area contributed by atoms with Crippen molar-refractivity contribution in [3.63, 3.8) is 0 Å². The number of likely N-dealkylation sites (tertiary alicyclic amines) is 1. The van der Waals surface area contributed by atoms with Gasteiger partial charge in [-0.2, -0.15) is 0 Å². The van der Waals surface area contributed by atoms with Gasteiger partial charge >= 0.3 is 0 Å². The van der Waals surface area contributed by atoms with Gasteiger partial charge in [0.25, 0.3) is 17.6 Å². The third-order valence-electron chi connectivity index (χ3n) is 6.76. The Balaban J connectivity index is 1.67. The molecule has 2 aromatic carbocycles. The molecule has 2 saturated heterocycles. The maximum atomic E-state index is 13.3. The summed E-state index contributed by atoms with van der Waals surface area (Å²) in [7, 11) is 1.56. The van der Waals surface area contributed by atoms with E-state index in [9.17, 15) is 19.5 Å². The molecule has 0 saturated carbocycles. The number of aryl methyl sites for hydroxylation is 1. The molecule has 2 aliphatic rings. The number of ether oxygens (including phenoxy) is 3. The summed E-state index contributed by atoms with van der Waals surface area (Å²) >= 11 is 0. The quantitative estimate of drug-likeness (QED) is 0.275. The first-order valence-electron chi connectivity index (χ1n) is 12.5. The van der Waals surface area contributed by atoms with Gasteiger partial charge in [0, 0.05) is 31.7 Å². The topological polar surface area (TPSA) is 132 Å². The summed E-state index contributed by atoms with van der Waals surface area (Å²) < 4.78 is 16.1. The summed E-state index contributed by atoms with van der Waals surface area (Å²) in [5, 5.41) is 11.3. The summed E-state index contributed by atoms with van der Waals surface area (Å²) in [5.74, 6) is -1.17. The summed E-state index contributed by atoms with van der Waals surface area (Å²) in [4.78, 5) is 41.4. The number of ketones is 1. The van der Waals surface area contributed by atoms with Crippen LogP contribution < -0.4 is 15.2 Å². The zero-order chi connectivity index (χ0) is 27.2. The Morgan fingerprint density at radius 3 is 2.45 bits per heavy atom. The Bertz CT molecular complexity index is 1220. The van der Waals surface area contributed by atoms with Crippen LogP contribution in [0, 0.1) is 6.92 Å². The molecule has 38 heavy (non-hydrogen) atoms. The summed E-state index contributed by atoms with van der Waals surface area (Å²) in [6, 6.07) is 11.0. The Hall–Kier alpha value is -3.89. The van der Waals surface area contributed by atoms with Crippen molar-refractivity contribution in [3.05, 3.63) is 64.7 Å². The highest BCUT2D eigenvalue weighted by Crippen LogP contribution is 2.40. The lowest BCUT2D eigenvalue weighted by molar-refractivity contribution is -0.140. The number of aliphatic hydroxyl groups excluding tert-OH is 1. The minimum absolute atomic E-state index is 0.0248. The monoisotopic (exact) mass is 523 g/mol. The van der Waals surface area contributed by atoms with Gasteiger partial charge in [0.2, 0.25) is 0 Å². The minimum Gasteiger partial charge on any atom is -0.507 e. The van der Waals surface area contributed by atoms with E-state index >= 15 is 0 Å². The molecule has 1 atom stereocenters. The third-order valence-corrected chi connectivity index (χ3v) is 6.76. The minimum atomic E-state index is -0.785. The lowest BCUT2D eigenvalue weighted by atomic mass is 9.94. The van der Waals surface area contributed by atoms with Crippen LogP contribution in [0.2, 0.25) is 0 Å². The molecule has 0 radical (unpaired) electrons. The molecule has 2 heterocycles. The van der Waals surface area contributed by atoms with Crippen molar-refractivity contribution in [2.45, 2.75) is 19.4 Å². The van der Waals surface area contributed by atoms with Crippen molar-refractivity contribution >= 4 is 23.4 Å². The average Bonchev–Trinajstić information content (AvgIpc) is 3.17. The number of carbonyl (C=O) groups is 3. The number of nitrogens with zero attached hydrogens (tertiary/aromatic N) is 2. The molecular formula is C28H33N3O7. The molecule has 2 aromatic rings. The van der Waals surface area contributed by atoms with Crippen molar-refractivity contribution in [1.82, 2.24) is 9.80 Å². The maximum absolute atomic E-state index is 13.3. The number of Topliss-reactive ketones (excluding diaryl/α,β-unsaturated/α-hetero) is 1. The molecule has 2 aliphatic heterocycles. The molecule has 0 aromatic heterocycles. The number of morpholine rings is 1. The molecule has 0 spiro atoms. The molecule has 10 nitrogen and oxygen atoms in total. The fourth-order valence-electron chi connectivity index (χ4n) is 4.83. The van der Waals surface area contributed by atoms with Crippen molar-refractivity contribution in [2.75, 3.05) is 53.1 Å². The van der Waals surface area contributed by atoms with Crippen molar-refractivity contribution in [1.29, 1.82) is 0 Å². The van der Waals surface area contributed by atoms with Gasteiger partial charge in [-0.05, 0) is 54.8 Å². The molecule has 4 rings (SSSR count). The molecule has 3 N–H and O–H groups in total. The van der Waals surface area contributed by atoms with Gasteiger partial charge in [-0.15, -0.1) is 0 Å². The lowest BCUT2D eigenvalue weighted by Gasteiger charge is -2.29. The first-order valence-corrected chi connectivity index (χ1v) is 12.5. The number of nitrogens with two attached hydrogens (primary N) is 1. The number of amides is 2. The van der Waals surface area contributed by atoms with Crippen LogP contribution in [0.15, 0.2) is 48.0 Å². The van der Waals surface area contributed by atoms with E-state index in [1.165, 1.54) is 4.90 Å². The Morgan fingerprint density at radius 1 is 1.11 bits per heavy atom. The molecule has 2 amide bonds. The number of aliphatic hydroxyl groups is 1. The van der Waals surface area contributed by atoms with Gasteiger partial charge in [-0.1, -0.05) is 12.1 Å². The van der Waals surface area contributed by atoms with Crippen LogP contribution in [0.1, 0.15) is 29.2 Å². The number of rotatable bonds is 10. The standard InChI is InChI=1S/C28H33N3O7/c1-18-16-20(6-9-22(18)36-2)26(33)24-25(19-4-7-21(8-5-19)38-17-23(29)32)31(28(35)27(24)34)11-3-10-30-12-14-37-15-13-30/h4-9,16,25,33H,3,10-15,17H2,1-2H3,(H2,29,32). The van der Waals surface area contributed by atoms with E-state index in [4.69, 9.17) is 19.9 Å². The highest BCUT2D eigenvalue weighted by Gasteiger charge is 2.45. The number of carbonyl (C=O) groups excluding carboxylic acids is 3. The van der Waals surface area contributed by atoms with Crippen LogP contribution in [0.4, 0.5) is 0 Å². The second-order valence-corrected chi connectivity index (χ2v) is 9.31. The molecule has 0 bridgehead atoms. The molecule has 0 aliphatic carbocycles. The third kappa shape index (κ3) is 5.98. The predicted molar refractivity (Wildman–Crippen MR) is 140 cm³/mol. The zero-order valence-corrected chi connectivity index (χ0v) is 21.6. The summed E-state index contributed by atoms with van der Waals surface area (Å²) in [5.41, 5.74) is 7.01. The number of methoxy groups -OCH3 is 1. The summed E-state index contributed by atoms with van der Waals surface area (Å²) in [6.07, 6.45) is 0.658. The fourth-order valence-corrected chi connectivity index (χ4v) is 4.83. The first-order chi connectivity index (χ1) is 18.3. The SMILES string of the molecule is COc1ccc(C(O)=C2C(=O)C(=O)N(CCCN3CCOCC3)C2c2ccc(OCC(N)=O)cc2)cc1C. The van der Waals surface area contributed by atoms with Gasteiger partial charge in [0.1, 0.15) is 17.3 Å². The molecule has 1 unspecified atom stereocenters. The van der Waals surface area contributed by atoms with Crippen molar-refractivity contribution in [2.24, 2.45) is 5.73 Å². The van der Waals surface area contributed by atoms with E-state index < -0.39 is 23.6 Å². The van der Waals surface area contributed by atoms with E-state index in [1.807, 2.05) is 6.92 Å². The largest absolute Gasteiger partial charge is 0.507 e. The normalized spacial score (nSPS) is 19.5. The summed E-state index contributed by atoms with van der Waals surface area (Å²) in [6.45, 7) is 5.67. The van der Waals surface area contributed by atoms with Crippen LogP contribution in [0.25, 0.3) is 5.76 Å². The molecule has 2 fully saturated rings. The fraction of sp³-hybridized carbons (Fsp3) is 0.393. The second-order valence-electron chi connectivity index (χ2n) is 9.31. The van der Waals surface area contributed by atoms with E-state index in [0.717, 1.165) is 25.2 Å². The van der Waals surface area contributed by atoms with Crippen LogP contribution in [-0.2, 0) is 19.1 Å². The van der Waals surface area contributed by atoms with Gasteiger partial charge in [-0.3, -0.25) is 19.3 Å². The van der Waals surface area contributed by atoms with Crippen LogP contribution in [0.5, 0.6) is 11.5 Å². The van der Waals surface area contributed by atoms with E-state index in [1.54, 1.807) is 49.6 Å². The Morgan fingerprint density at radius 2 is 1.82 bits per heavy atom. The maximum Gasteiger partial charge on any atom is 0.295 e. The van der Waals surface area contributed by atoms with Gasteiger partial charge in [0.15, 0.2) is 6.61 Å². The van der Waals surface area contributed by atoms with Gasteiger partial charge < -0.3 is 30.0 Å². The number of hydrogen-bond acceptors (Lipinski definition) is 8. The number of primary amides is 1. The van der Waals surface area contributed by atoms with Crippen LogP contribution >= 0.6 is 0 Å². The molecule has 202 valence electrons. The Labute approximate surface area is 221 Å². The van der Waals surface area contributed by atoms with E-state index in [2.05, 4.69) is 4.90 Å². The molecule has 10 heteroatoms. The lowest BCUT2D eigenvalue weighted by Crippen LogP contribution is -2.38. The van der Waals surface area contributed by atoms with Crippen LogP contribution in [-0.4, -0.2) is 85.6 Å². The zero-order valence-electron chi connectivity index (χ0n) is 21.6. The van der Waals surface area contributed by atoms with Gasteiger partial charge in [0.05, 0.1) is 31.9 Å². The van der Waals surface area contributed by atoms with Crippen molar-refractivity contribution < 1.29 is 33.7 Å². The average molecular weight is 524 g/mol. The van der Waals surface area contributed by atoms with Crippen molar-refractivity contribution in [3.8, 4) is 11.5 Å². The molecular weight excluding hydrogens is 490 g/mol.